The summed E-state index contributed by atoms with van der Waals surface area (Å²) in [7, 11) is 0. The highest BCUT2D eigenvalue weighted by atomic mass is 79.9. The quantitative estimate of drug-likeness (QED) is 0.547. The van der Waals surface area contributed by atoms with Crippen molar-refractivity contribution in [1.82, 2.24) is 0 Å². The lowest BCUT2D eigenvalue weighted by atomic mass is 9.82. The number of hydrogen-bond donors (Lipinski definition) is 0. The lowest BCUT2D eigenvalue weighted by Crippen LogP contribution is -2.18. The average molecular weight is 389 g/mol. The van der Waals surface area contributed by atoms with Crippen LogP contribution >= 0.6 is 15.9 Å². The lowest BCUT2D eigenvalue weighted by Gasteiger charge is -2.22. The molecular formula is C20H21BrO3. The highest BCUT2D eigenvalue weighted by Gasteiger charge is 2.27. The predicted molar refractivity (Wildman–Crippen MR) is 98.0 cm³/mol. The molecule has 0 aromatic heterocycles. The number of carbonyl (C=O) groups excluding carboxylic acids is 1. The molecule has 0 amide bonds. The molecule has 1 aliphatic heterocycles. The van der Waals surface area contributed by atoms with Gasteiger partial charge in [0.1, 0.15) is 18.5 Å². The van der Waals surface area contributed by atoms with Crippen LogP contribution < -0.4 is 4.74 Å². The topological polar surface area (TPSA) is 38.8 Å². The van der Waals surface area contributed by atoms with E-state index in [0.717, 1.165) is 22.2 Å². The first-order chi connectivity index (χ1) is 11.4. The first-order valence-electron chi connectivity index (χ1n) is 8.05. The summed E-state index contributed by atoms with van der Waals surface area (Å²) in [6, 6.07) is 13.3. The molecule has 1 atom stereocenters. The van der Waals surface area contributed by atoms with E-state index in [4.69, 9.17) is 9.47 Å². The molecule has 0 bridgehead atoms. The van der Waals surface area contributed by atoms with Crippen molar-refractivity contribution in [2.75, 3.05) is 13.2 Å². The number of para-hydroxylation sites is 1. The number of ether oxygens (including phenoxy) is 2. The second kappa shape index (κ2) is 6.69. The fourth-order valence-electron chi connectivity index (χ4n) is 2.66. The van der Waals surface area contributed by atoms with Crippen molar-refractivity contribution in [3.8, 4) is 5.75 Å². The van der Waals surface area contributed by atoms with Gasteiger partial charge in [0.25, 0.3) is 0 Å². The molecule has 1 fully saturated rings. The largest absolute Gasteiger partial charge is 0.489 e. The molecule has 4 heteroatoms. The number of carbonyl (C=O) groups is 1. The van der Waals surface area contributed by atoms with Gasteiger partial charge in [-0.15, -0.1) is 0 Å². The third kappa shape index (κ3) is 3.70. The monoisotopic (exact) mass is 388 g/mol. The fraction of sp³-hybridized carbons (Fsp3) is 0.350. The molecule has 3 rings (SSSR count). The van der Waals surface area contributed by atoms with Gasteiger partial charge in [0, 0.05) is 5.56 Å². The maximum atomic E-state index is 13.2. The van der Waals surface area contributed by atoms with Crippen LogP contribution in [0.2, 0.25) is 0 Å². The van der Waals surface area contributed by atoms with Crippen molar-refractivity contribution < 1.29 is 14.3 Å². The van der Waals surface area contributed by atoms with Crippen LogP contribution in [0.5, 0.6) is 5.75 Å². The molecule has 0 spiro atoms. The van der Waals surface area contributed by atoms with Crippen molar-refractivity contribution in [2.24, 2.45) is 0 Å². The van der Waals surface area contributed by atoms with Crippen molar-refractivity contribution in [3.63, 3.8) is 0 Å². The summed E-state index contributed by atoms with van der Waals surface area (Å²) in [6.07, 6.45) is 0.141. The second-order valence-electron chi connectivity index (χ2n) is 7.01. The van der Waals surface area contributed by atoms with E-state index in [-0.39, 0.29) is 17.3 Å². The predicted octanol–water partition coefficient (Wildman–Crippen LogP) is 4.76. The summed E-state index contributed by atoms with van der Waals surface area (Å²) < 4.78 is 11.8. The Labute approximate surface area is 151 Å². The number of halogens is 1. The summed E-state index contributed by atoms with van der Waals surface area (Å²) >= 11 is 3.50. The van der Waals surface area contributed by atoms with Gasteiger partial charge in [-0.1, -0.05) is 51.1 Å². The third-order valence-electron chi connectivity index (χ3n) is 4.01. The van der Waals surface area contributed by atoms with Crippen LogP contribution in [0.4, 0.5) is 0 Å². The first kappa shape index (κ1) is 17.2. The van der Waals surface area contributed by atoms with E-state index >= 15 is 0 Å². The van der Waals surface area contributed by atoms with Gasteiger partial charge in [-0.05, 0) is 39.0 Å². The number of epoxide rings is 1. The highest BCUT2D eigenvalue weighted by molar-refractivity contribution is 9.10. The summed E-state index contributed by atoms with van der Waals surface area (Å²) in [5, 5.41) is 0. The van der Waals surface area contributed by atoms with E-state index in [1.54, 1.807) is 0 Å². The zero-order valence-corrected chi connectivity index (χ0v) is 15.7. The Morgan fingerprint density at radius 2 is 1.83 bits per heavy atom. The molecule has 0 aliphatic carbocycles. The van der Waals surface area contributed by atoms with Gasteiger partial charge in [-0.25, -0.2) is 0 Å². The average Bonchev–Trinajstić information content (AvgIpc) is 3.36. The van der Waals surface area contributed by atoms with Crippen molar-refractivity contribution in [3.05, 3.63) is 63.6 Å². The van der Waals surface area contributed by atoms with Gasteiger partial charge in [0.15, 0.2) is 5.78 Å². The minimum Gasteiger partial charge on any atom is -0.489 e. The second-order valence-corrected chi connectivity index (χ2v) is 7.86. The Kier molecular flexibility index (Phi) is 4.79. The van der Waals surface area contributed by atoms with Crippen molar-refractivity contribution in [1.29, 1.82) is 0 Å². The van der Waals surface area contributed by atoms with Gasteiger partial charge < -0.3 is 9.47 Å². The van der Waals surface area contributed by atoms with Crippen LogP contribution in [0, 0.1) is 0 Å². The van der Waals surface area contributed by atoms with Crippen molar-refractivity contribution in [2.45, 2.75) is 32.3 Å². The van der Waals surface area contributed by atoms with Gasteiger partial charge in [0.05, 0.1) is 16.6 Å². The molecular weight excluding hydrogens is 368 g/mol. The van der Waals surface area contributed by atoms with Crippen molar-refractivity contribution >= 4 is 21.7 Å². The molecule has 0 saturated carbocycles. The number of benzene rings is 2. The zero-order valence-electron chi connectivity index (χ0n) is 14.1. The normalized spacial score (nSPS) is 16.8. The highest BCUT2D eigenvalue weighted by Crippen LogP contribution is 2.34. The molecule has 1 aliphatic rings. The minimum absolute atomic E-state index is 0.0199. The molecule has 2 aromatic carbocycles. The van der Waals surface area contributed by atoms with E-state index in [1.165, 1.54) is 0 Å². The van der Waals surface area contributed by atoms with E-state index in [9.17, 15) is 4.79 Å². The summed E-state index contributed by atoms with van der Waals surface area (Å²) in [6.45, 7) is 7.52. The molecule has 0 radical (unpaired) electrons. The lowest BCUT2D eigenvalue weighted by molar-refractivity contribution is 0.103. The van der Waals surface area contributed by atoms with Crippen LogP contribution in [-0.4, -0.2) is 25.1 Å². The Balaban J connectivity index is 2.00. The molecule has 0 N–H and O–H groups in total. The summed E-state index contributed by atoms with van der Waals surface area (Å²) in [4.78, 5) is 13.2. The van der Waals surface area contributed by atoms with E-state index in [0.29, 0.717) is 17.9 Å². The Bertz CT molecular complexity index is 758. The standard InChI is InChI=1S/C20H21BrO3/c1-20(2,3)16-9-5-4-7-14(16)18(22)15-8-6-10-17(21)19(15)24-12-13-11-23-13/h4-10,13H,11-12H2,1-3H3. The van der Waals surface area contributed by atoms with Crippen LogP contribution in [0.15, 0.2) is 46.9 Å². The fourth-order valence-corrected chi connectivity index (χ4v) is 3.14. The van der Waals surface area contributed by atoms with E-state index in [1.807, 2.05) is 42.5 Å². The van der Waals surface area contributed by atoms with Gasteiger partial charge in [0.2, 0.25) is 0 Å². The molecule has 2 aromatic rings. The SMILES string of the molecule is CC(C)(C)c1ccccc1C(=O)c1cccc(Br)c1OCC1CO1. The summed E-state index contributed by atoms with van der Waals surface area (Å²) in [5.74, 6) is 0.565. The summed E-state index contributed by atoms with van der Waals surface area (Å²) in [5.41, 5.74) is 2.21. The van der Waals surface area contributed by atoms with Crippen LogP contribution in [0.25, 0.3) is 0 Å². The molecule has 126 valence electrons. The third-order valence-corrected chi connectivity index (χ3v) is 4.63. The van der Waals surface area contributed by atoms with Gasteiger partial charge in [-0.2, -0.15) is 0 Å². The first-order valence-corrected chi connectivity index (χ1v) is 8.84. The Hall–Kier alpha value is -1.65. The molecule has 1 saturated heterocycles. The molecule has 1 unspecified atom stereocenters. The Morgan fingerprint density at radius 3 is 2.50 bits per heavy atom. The van der Waals surface area contributed by atoms with Gasteiger partial charge >= 0.3 is 0 Å². The van der Waals surface area contributed by atoms with E-state index < -0.39 is 0 Å². The smallest absolute Gasteiger partial charge is 0.197 e. The maximum Gasteiger partial charge on any atom is 0.197 e. The van der Waals surface area contributed by atoms with Crippen LogP contribution in [-0.2, 0) is 10.2 Å². The molecule has 1 heterocycles. The maximum absolute atomic E-state index is 13.2. The minimum atomic E-state index is -0.110. The van der Waals surface area contributed by atoms with Gasteiger partial charge in [-0.3, -0.25) is 4.79 Å². The molecule has 3 nitrogen and oxygen atoms in total. The number of hydrogen-bond acceptors (Lipinski definition) is 3. The molecule has 24 heavy (non-hydrogen) atoms. The van der Waals surface area contributed by atoms with Crippen LogP contribution in [0.1, 0.15) is 42.3 Å². The number of rotatable bonds is 5. The van der Waals surface area contributed by atoms with Crippen LogP contribution in [0.3, 0.4) is 0 Å². The number of ketones is 1. The van der Waals surface area contributed by atoms with E-state index in [2.05, 4.69) is 36.7 Å². The Morgan fingerprint density at radius 1 is 1.17 bits per heavy atom. The zero-order chi connectivity index (χ0) is 17.3.